The van der Waals surface area contributed by atoms with E-state index >= 15 is 0 Å². The Morgan fingerprint density at radius 3 is 2.23 bits per heavy atom. The quantitative estimate of drug-likeness (QED) is 0.447. The van der Waals surface area contributed by atoms with Gasteiger partial charge in [-0.3, -0.25) is 0 Å². The Kier molecular flexibility index (Phi) is 6.56. The number of ether oxygens (including phenoxy) is 2. The molecule has 0 unspecified atom stereocenters. The minimum absolute atomic E-state index is 0.220. The van der Waals surface area contributed by atoms with Crippen molar-refractivity contribution in [2.24, 2.45) is 0 Å². The predicted molar refractivity (Wildman–Crippen MR) is 55.4 cm³/mol. The summed E-state index contributed by atoms with van der Waals surface area (Å²) in [5.74, 6) is -1.03. The Bertz CT molecular complexity index is 222. The largest absolute Gasteiger partial charge is 0.463 e. The number of carbonyl (C=O) groups is 2. The molecular formula is C8H11IO4. The van der Waals surface area contributed by atoms with E-state index in [2.05, 4.69) is 9.47 Å². The second-order valence-electron chi connectivity index (χ2n) is 1.96. The van der Waals surface area contributed by atoms with Gasteiger partial charge in [0.05, 0.1) is 13.2 Å². The molecule has 5 heteroatoms. The second-order valence-corrected chi connectivity index (χ2v) is 3.13. The van der Waals surface area contributed by atoms with Crippen LogP contribution < -0.4 is 0 Å². The Balaban J connectivity index is 4.14. The van der Waals surface area contributed by atoms with Crippen molar-refractivity contribution in [2.45, 2.75) is 13.8 Å². The molecule has 74 valence electrons. The second kappa shape index (κ2) is 6.88. The summed E-state index contributed by atoms with van der Waals surface area (Å²) in [5, 5.41) is 0. The molecule has 0 aromatic heterocycles. The highest BCUT2D eigenvalue weighted by atomic mass is 127. The zero-order chi connectivity index (χ0) is 10.3. The van der Waals surface area contributed by atoms with E-state index in [4.69, 9.17) is 0 Å². The van der Waals surface area contributed by atoms with Gasteiger partial charge in [0.2, 0.25) is 0 Å². The van der Waals surface area contributed by atoms with Crippen LogP contribution in [0.3, 0.4) is 0 Å². The molecule has 0 saturated carbocycles. The molecule has 0 heterocycles. The lowest BCUT2D eigenvalue weighted by atomic mass is 10.5. The lowest BCUT2D eigenvalue weighted by molar-refractivity contribution is -0.140. The highest BCUT2D eigenvalue weighted by Crippen LogP contribution is 2.08. The van der Waals surface area contributed by atoms with E-state index in [1.807, 2.05) is 0 Å². The number of hydrogen-bond acceptors (Lipinski definition) is 4. The number of esters is 2. The summed E-state index contributed by atoms with van der Waals surface area (Å²) >= 11 is 1.73. The summed E-state index contributed by atoms with van der Waals surface area (Å²) in [7, 11) is 0. The third kappa shape index (κ3) is 5.62. The van der Waals surface area contributed by atoms with Gasteiger partial charge >= 0.3 is 11.9 Å². The molecule has 13 heavy (non-hydrogen) atoms. The van der Waals surface area contributed by atoms with E-state index in [0.29, 0.717) is 13.2 Å². The van der Waals surface area contributed by atoms with Crippen LogP contribution in [0.5, 0.6) is 0 Å². The van der Waals surface area contributed by atoms with Crippen LogP contribution in [-0.2, 0) is 19.1 Å². The summed E-state index contributed by atoms with van der Waals surface area (Å²) in [5.41, 5.74) is 0. The van der Waals surface area contributed by atoms with Crippen LogP contribution in [0.15, 0.2) is 9.66 Å². The summed E-state index contributed by atoms with van der Waals surface area (Å²) in [4.78, 5) is 21.8. The third-order valence-electron chi connectivity index (χ3n) is 1.00. The van der Waals surface area contributed by atoms with Gasteiger partial charge in [-0.05, 0) is 36.4 Å². The molecule has 0 aliphatic carbocycles. The minimum Gasteiger partial charge on any atom is -0.463 e. The van der Waals surface area contributed by atoms with Crippen molar-refractivity contribution < 1.29 is 19.1 Å². The van der Waals surface area contributed by atoms with Gasteiger partial charge in [-0.15, -0.1) is 0 Å². The first-order valence-electron chi connectivity index (χ1n) is 3.82. The molecule has 0 radical (unpaired) electrons. The maximum atomic E-state index is 11.0. The van der Waals surface area contributed by atoms with Gasteiger partial charge in [-0.25, -0.2) is 9.59 Å². The van der Waals surface area contributed by atoms with Crippen molar-refractivity contribution in [3.05, 3.63) is 9.66 Å². The first-order valence-corrected chi connectivity index (χ1v) is 4.90. The molecule has 0 aliphatic heterocycles. The van der Waals surface area contributed by atoms with Gasteiger partial charge in [0.1, 0.15) is 3.58 Å². The first kappa shape index (κ1) is 12.4. The van der Waals surface area contributed by atoms with Crippen LogP contribution in [0, 0.1) is 0 Å². The van der Waals surface area contributed by atoms with E-state index in [1.54, 1.807) is 36.4 Å². The summed E-state index contributed by atoms with van der Waals surface area (Å²) in [6, 6.07) is 0. The minimum atomic E-state index is -0.528. The third-order valence-corrected chi connectivity index (χ3v) is 1.75. The van der Waals surface area contributed by atoms with E-state index in [1.165, 1.54) is 0 Å². The molecule has 0 rings (SSSR count). The van der Waals surface area contributed by atoms with Crippen LogP contribution in [0.4, 0.5) is 0 Å². The Morgan fingerprint density at radius 2 is 1.77 bits per heavy atom. The average molecular weight is 298 g/mol. The summed E-state index contributed by atoms with van der Waals surface area (Å²) in [6.07, 6.45) is 1.11. The molecule has 0 fully saturated rings. The van der Waals surface area contributed by atoms with E-state index in [9.17, 15) is 9.59 Å². The highest BCUT2D eigenvalue weighted by molar-refractivity contribution is 14.1. The van der Waals surface area contributed by atoms with Gasteiger partial charge in [0.25, 0.3) is 0 Å². The number of halogens is 1. The van der Waals surface area contributed by atoms with Crippen LogP contribution in [0.25, 0.3) is 0 Å². The lowest BCUT2D eigenvalue weighted by Crippen LogP contribution is -2.07. The van der Waals surface area contributed by atoms with Crippen molar-refractivity contribution in [1.82, 2.24) is 0 Å². The highest BCUT2D eigenvalue weighted by Gasteiger charge is 2.08. The topological polar surface area (TPSA) is 52.6 Å². The molecule has 0 bridgehead atoms. The van der Waals surface area contributed by atoms with Gasteiger partial charge in [-0.1, -0.05) is 0 Å². The number of carbonyl (C=O) groups excluding carboxylic acids is 2. The zero-order valence-corrected chi connectivity index (χ0v) is 9.66. The molecule has 0 atom stereocenters. The molecule has 0 spiro atoms. The monoisotopic (exact) mass is 298 g/mol. The molecular weight excluding hydrogens is 287 g/mol. The standard InChI is InChI=1S/C8H11IO4/c1-3-12-7(10)5-6(9)8(11)13-4-2/h5H,3-4H2,1-2H3/b6-5-. The van der Waals surface area contributed by atoms with Crippen LogP contribution in [0.2, 0.25) is 0 Å². The molecule has 0 aromatic carbocycles. The van der Waals surface area contributed by atoms with Gasteiger partial charge < -0.3 is 9.47 Å². The molecule has 4 nitrogen and oxygen atoms in total. The fourth-order valence-electron chi connectivity index (χ4n) is 0.546. The fraction of sp³-hybridized carbons (Fsp3) is 0.500. The molecule has 0 saturated heterocycles. The fourth-order valence-corrected chi connectivity index (χ4v) is 0.956. The predicted octanol–water partition coefficient (Wildman–Crippen LogP) is 1.43. The molecule has 0 aromatic rings. The van der Waals surface area contributed by atoms with Crippen molar-refractivity contribution in [2.75, 3.05) is 13.2 Å². The van der Waals surface area contributed by atoms with Crippen LogP contribution >= 0.6 is 22.6 Å². The van der Waals surface area contributed by atoms with Crippen molar-refractivity contribution in [3.8, 4) is 0 Å². The molecule has 0 N–H and O–H groups in total. The zero-order valence-electron chi connectivity index (χ0n) is 7.50. The first-order chi connectivity index (χ1) is 6.11. The SMILES string of the molecule is CCOC(=O)/C=C(\I)C(=O)OCC. The van der Waals surface area contributed by atoms with Gasteiger partial charge in [-0.2, -0.15) is 0 Å². The Hall–Kier alpha value is -0.590. The summed E-state index contributed by atoms with van der Waals surface area (Å²) in [6.45, 7) is 3.99. The lowest BCUT2D eigenvalue weighted by Gasteiger charge is -1.99. The van der Waals surface area contributed by atoms with E-state index < -0.39 is 11.9 Å². The normalized spacial score (nSPS) is 10.8. The van der Waals surface area contributed by atoms with E-state index in [0.717, 1.165) is 6.08 Å². The number of rotatable bonds is 4. The number of hydrogen-bond donors (Lipinski definition) is 0. The van der Waals surface area contributed by atoms with Crippen molar-refractivity contribution in [1.29, 1.82) is 0 Å². The smallest absolute Gasteiger partial charge is 0.344 e. The maximum absolute atomic E-state index is 11.0. The van der Waals surface area contributed by atoms with E-state index in [-0.39, 0.29) is 3.58 Å². The average Bonchev–Trinajstić information content (AvgIpc) is 2.05. The Labute approximate surface area is 90.4 Å². The van der Waals surface area contributed by atoms with Crippen molar-refractivity contribution >= 4 is 34.5 Å². The Morgan fingerprint density at radius 1 is 1.23 bits per heavy atom. The molecule has 0 aliphatic rings. The van der Waals surface area contributed by atoms with Crippen LogP contribution in [0.1, 0.15) is 13.8 Å². The van der Waals surface area contributed by atoms with Crippen molar-refractivity contribution in [3.63, 3.8) is 0 Å². The summed E-state index contributed by atoms with van der Waals surface area (Å²) < 4.78 is 9.49. The maximum Gasteiger partial charge on any atom is 0.344 e. The van der Waals surface area contributed by atoms with Crippen LogP contribution in [-0.4, -0.2) is 25.2 Å². The van der Waals surface area contributed by atoms with Gasteiger partial charge in [0.15, 0.2) is 0 Å². The van der Waals surface area contributed by atoms with Gasteiger partial charge in [0, 0.05) is 6.08 Å². The molecule has 0 amide bonds.